The molecule has 0 fully saturated rings. The Morgan fingerprint density at radius 1 is 1.05 bits per heavy atom. The molecule has 4 heteroatoms. The van der Waals surface area contributed by atoms with E-state index in [1.807, 2.05) is 43.3 Å². The standard InChI is InChI=1S/C16H16BrClO2/c1-16(19,10-11-17)12-2-6-14(7-3-12)20-15-8-4-13(18)5-9-15/h2-9,19H,10-11H2,1H3. The quantitative estimate of drug-likeness (QED) is 0.754. The fourth-order valence-corrected chi connectivity index (χ4v) is 2.75. The van der Waals surface area contributed by atoms with Crippen molar-refractivity contribution in [3.05, 3.63) is 59.1 Å². The molecule has 2 aromatic rings. The maximum absolute atomic E-state index is 10.3. The Hall–Kier alpha value is -1.03. The monoisotopic (exact) mass is 354 g/mol. The van der Waals surface area contributed by atoms with Gasteiger partial charge in [0.05, 0.1) is 5.60 Å². The third kappa shape index (κ3) is 3.98. The number of aliphatic hydroxyl groups is 1. The van der Waals surface area contributed by atoms with Crippen LogP contribution in [0.25, 0.3) is 0 Å². The second-order valence-corrected chi connectivity index (χ2v) is 6.02. The number of ether oxygens (including phenoxy) is 1. The van der Waals surface area contributed by atoms with Crippen molar-refractivity contribution in [2.24, 2.45) is 0 Å². The summed E-state index contributed by atoms with van der Waals surface area (Å²) in [6.45, 7) is 1.81. The lowest BCUT2D eigenvalue weighted by Crippen LogP contribution is -2.21. The first-order valence-electron chi connectivity index (χ1n) is 6.33. The molecule has 0 bridgehead atoms. The molecule has 1 N–H and O–H groups in total. The van der Waals surface area contributed by atoms with Gasteiger partial charge in [-0.3, -0.25) is 0 Å². The van der Waals surface area contributed by atoms with Gasteiger partial charge in [-0.1, -0.05) is 39.7 Å². The summed E-state index contributed by atoms with van der Waals surface area (Å²) < 4.78 is 5.71. The highest BCUT2D eigenvalue weighted by Gasteiger charge is 2.21. The van der Waals surface area contributed by atoms with Gasteiger partial charge in [0.15, 0.2) is 0 Å². The van der Waals surface area contributed by atoms with Crippen molar-refractivity contribution in [1.82, 2.24) is 0 Å². The van der Waals surface area contributed by atoms with Gasteiger partial charge >= 0.3 is 0 Å². The van der Waals surface area contributed by atoms with E-state index in [9.17, 15) is 5.11 Å². The van der Waals surface area contributed by atoms with Gasteiger partial charge in [-0.25, -0.2) is 0 Å². The van der Waals surface area contributed by atoms with Gasteiger partial charge in [0.1, 0.15) is 11.5 Å². The molecular formula is C16H16BrClO2. The fraction of sp³-hybridized carbons (Fsp3) is 0.250. The molecule has 20 heavy (non-hydrogen) atoms. The molecule has 2 rings (SSSR count). The van der Waals surface area contributed by atoms with Crippen LogP contribution in [0.15, 0.2) is 48.5 Å². The number of halogens is 2. The molecule has 2 nitrogen and oxygen atoms in total. The van der Waals surface area contributed by atoms with Gasteiger partial charge in [-0.05, 0) is 55.3 Å². The van der Waals surface area contributed by atoms with Gasteiger partial charge in [0.2, 0.25) is 0 Å². The minimum Gasteiger partial charge on any atom is -0.457 e. The maximum atomic E-state index is 10.3. The molecule has 0 radical (unpaired) electrons. The van der Waals surface area contributed by atoms with Gasteiger partial charge in [0, 0.05) is 10.4 Å². The topological polar surface area (TPSA) is 29.5 Å². The first-order chi connectivity index (χ1) is 9.51. The second kappa shape index (κ2) is 6.61. The summed E-state index contributed by atoms with van der Waals surface area (Å²) in [6.07, 6.45) is 0.657. The number of alkyl halides is 1. The Balaban J connectivity index is 2.10. The van der Waals surface area contributed by atoms with E-state index in [0.717, 1.165) is 22.4 Å². The summed E-state index contributed by atoms with van der Waals surface area (Å²) in [5.74, 6) is 1.46. The highest BCUT2D eigenvalue weighted by molar-refractivity contribution is 9.09. The molecule has 0 aromatic heterocycles. The normalized spacial score (nSPS) is 13.8. The van der Waals surface area contributed by atoms with E-state index in [4.69, 9.17) is 16.3 Å². The molecule has 0 amide bonds. The van der Waals surface area contributed by atoms with Crippen molar-refractivity contribution in [3.63, 3.8) is 0 Å². The van der Waals surface area contributed by atoms with Crippen LogP contribution in [0.5, 0.6) is 11.5 Å². The van der Waals surface area contributed by atoms with E-state index in [1.54, 1.807) is 12.1 Å². The van der Waals surface area contributed by atoms with Crippen molar-refractivity contribution in [2.45, 2.75) is 18.9 Å². The fourth-order valence-electron chi connectivity index (χ4n) is 1.85. The van der Waals surface area contributed by atoms with E-state index >= 15 is 0 Å². The van der Waals surface area contributed by atoms with Crippen LogP contribution >= 0.6 is 27.5 Å². The SMILES string of the molecule is CC(O)(CCBr)c1ccc(Oc2ccc(Cl)cc2)cc1. The van der Waals surface area contributed by atoms with Crippen LogP contribution in [0.4, 0.5) is 0 Å². The Kier molecular flexibility index (Phi) is 5.08. The number of hydrogen-bond acceptors (Lipinski definition) is 2. The zero-order valence-electron chi connectivity index (χ0n) is 11.1. The van der Waals surface area contributed by atoms with E-state index in [2.05, 4.69) is 15.9 Å². The van der Waals surface area contributed by atoms with Crippen LogP contribution in [0.3, 0.4) is 0 Å². The predicted octanol–water partition coefficient (Wildman–Crippen LogP) is 5.12. The summed E-state index contributed by atoms with van der Waals surface area (Å²) in [5.41, 5.74) is 0.0443. The van der Waals surface area contributed by atoms with E-state index in [1.165, 1.54) is 0 Å². The molecule has 106 valence electrons. The van der Waals surface area contributed by atoms with E-state index in [0.29, 0.717) is 11.4 Å². The van der Waals surface area contributed by atoms with Crippen molar-refractivity contribution in [3.8, 4) is 11.5 Å². The smallest absolute Gasteiger partial charge is 0.127 e. The molecule has 0 aliphatic rings. The van der Waals surface area contributed by atoms with E-state index in [-0.39, 0.29) is 0 Å². The predicted molar refractivity (Wildman–Crippen MR) is 85.9 cm³/mol. The van der Waals surface area contributed by atoms with Crippen molar-refractivity contribution >= 4 is 27.5 Å². The van der Waals surface area contributed by atoms with Gasteiger partial charge < -0.3 is 9.84 Å². The second-order valence-electron chi connectivity index (χ2n) is 4.79. The Morgan fingerprint density at radius 3 is 2.05 bits per heavy atom. The average Bonchev–Trinajstić information content (AvgIpc) is 2.42. The van der Waals surface area contributed by atoms with Crippen molar-refractivity contribution in [2.75, 3.05) is 5.33 Å². The average molecular weight is 356 g/mol. The lowest BCUT2D eigenvalue weighted by atomic mass is 9.93. The van der Waals surface area contributed by atoms with Crippen LogP contribution < -0.4 is 4.74 Å². The zero-order chi connectivity index (χ0) is 14.6. The van der Waals surface area contributed by atoms with Gasteiger partial charge in [0.25, 0.3) is 0 Å². The van der Waals surface area contributed by atoms with Gasteiger partial charge in [-0.2, -0.15) is 0 Å². The molecule has 1 atom stereocenters. The molecule has 0 saturated carbocycles. The third-order valence-electron chi connectivity index (χ3n) is 3.11. The van der Waals surface area contributed by atoms with Crippen molar-refractivity contribution < 1.29 is 9.84 Å². The Labute approximate surface area is 132 Å². The molecule has 0 saturated heterocycles. The minimum absolute atomic E-state index is 0.657. The lowest BCUT2D eigenvalue weighted by molar-refractivity contribution is 0.0546. The van der Waals surface area contributed by atoms with Crippen LogP contribution in [0, 0.1) is 0 Å². The Morgan fingerprint density at radius 2 is 1.55 bits per heavy atom. The van der Waals surface area contributed by atoms with E-state index < -0.39 is 5.60 Å². The van der Waals surface area contributed by atoms with Crippen LogP contribution in [-0.2, 0) is 5.60 Å². The third-order valence-corrected chi connectivity index (χ3v) is 3.76. The lowest BCUT2D eigenvalue weighted by Gasteiger charge is -2.23. The highest BCUT2D eigenvalue weighted by atomic mass is 79.9. The van der Waals surface area contributed by atoms with Gasteiger partial charge in [-0.15, -0.1) is 0 Å². The number of benzene rings is 2. The zero-order valence-corrected chi connectivity index (χ0v) is 13.5. The molecule has 2 aromatic carbocycles. The molecule has 1 unspecified atom stereocenters. The Bertz CT molecular complexity index is 550. The minimum atomic E-state index is -0.831. The molecule has 0 aliphatic heterocycles. The first-order valence-corrected chi connectivity index (χ1v) is 7.83. The molecule has 0 spiro atoms. The van der Waals surface area contributed by atoms with Crippen molar-refractivity contribution in [1.29, 1.82) is 0 Å². The molecule has 0 aliphatic carbocycles. The number of rotatable bonds is 5. The summed E-state index contributed by atoms with van der Waals surface area (Å²) >= 11 is 9.18. The van der Waals surface area contributed by atoms with Crippen LogP contribution in [0.2, 0.25) is 5.02 Å². The molecule has 0 heterocycles. The maximum Gasteiger partial charge on any atom is 0.127 e. The summed E-state index contributed by atoms with van der Waals surface area (Å²) in [7, 11) is 0. The highest BCUT2D eigenvalue weighted by Crippen LogP contribution is 2.29. The summed E-state index contributed by atoms with van der Waals surface area (Å²) in [6, 6.07) is 14.7. The first kappa shape index (κ1) is 15.4. The molecular weight excluding hydrogens is 340 g/mol. The summed E-state index contributed by atoms with van der Waals surface area (Å²) in [4.78, 5) is 0. The number of hydrogen-bond donors (Lipinski definition) is 1. The summed E-state index contributed by atoms with van der Waals surface area (Å²) in [5, 5.41) is 11.7. The largest absolute Gasteiger partial charge is 0.457 e. The van der Waals surface area contributed by atoms with Crippen LogP contribution in [-0.4, -0.2) is 10.4 Å². The van der Waals surface area contributed by atoms with Crippen LogP contribution in [0.1, 0.15) is 18.9 Å².